The van der Waals surface area contributed by atoms with E-state index in [9.17, 15) is 10.1 Å². The van der Waals surface area contributed by atoms with Gasteiger partial charge in [0, 0.05) is 12.1 Å². The smallest absolute Gasteiger partial charge is 0.272 e. The summed E-state index contributed by atoms with van der Waals surface area (Å²) in [7, 11) is 0. The van der Waals surface area contributed by atoms with Crippen LogP contribution in [0.15, 0.2) is 30.5 Å². The van der Waals surface area contributed by atoms with Crippen molar-refractivity contribution < 1.29 is 9.66 Å². The summed E-state index contributed by atoms with van der Waals surface area (Å²) in [5, 5.41) is 10.8. The summed E-state index contributed by atoms with van der Waals surface area (Å²) in [4.78, 5) is 14.1. The molecule has 0 fully saturated rings. The molecule has 1 aromatic carbocycles. The van der Waals surface area contributed by atoms with E-state index in [2.05, 4.69) is 27.6 Å². The van der Waals surface area contributed by atoms with Crippen LogP contribution in [-0.4, -0.2) is 9.91 Å². The first kappa shape index (κ1) is 14.3. The van der Waals surface area contributed by atoms with Crippen molar-refractivity contribution in [2.24, 2.45) is 0 Å². The van der Waals surface area contributed by atoms with Crippen molar-refractivity contribution in [2.45, 2.75) is 0 Å². The lowest BCUT2D eigenvalue weighted by Gasteiger charge is -2.09. The fourth-order valence-electron chi connectivity index (χ4n) is 1.29. The van der Waals surface area contributed by atoms with Gasteiger partial charge in [-0.3, -0.25) is 10.1 Å². The van der Waals surface area contributed by atoms with Crippen molar-refractivity contribution in [3.8, 4) is 11.5 Å². The first-order valence-corrected chi connectivity index (χ1v) is 6.73. The molecule has 1 heterocycles. The van der Waals surface area contributed by atoms with E-state index in [1.54, 1.807) is 12.1 Å². The Morgan fingerprint density at radius 3 is 2.37 bits per heavy atom. The summed E-state index contributed by atoms with van der Waals surface area (Å²) in [6, 6.07) is 5.82. The van der Waals surface area contributed by atoms with Crippen LogP contribution in [0.3, 0.4) is 0 Å². The lowest BCUT2D eigenvalue weighted by Crippen LogP contribution is -1.92. The van der Waals surface area contributed by atoms with Gasteiger partial charge in [0.25, 0.3) is 5.69 Å². The molecule has 0 spiro atoms. The number of rotatable bonds is 3. The van der Waals surface area contributed by atoms with Gasteiger partial charge in [-0.2, -0.15) is 0 Å². The van der Waals surface area contributed by atoms with Crippen LogP contribution in [0, 0.1) is 13.8 Å². The normalized spacial score (nSPS) is 10.3. The quantitative estimate of drug-likeness (QED) is 0.318. The average molecular weight is 411 g/mol. The molecule has 2 aromatic rings. The Morgan fingerprint density at radius 2 is 1.89 bits per heavy atom. The Labute approximate surface area is 131 Å². The summed E-state index contributed by atoms with van der Waals surface area (Å²) >= 11 is 13.9. The van der Waals surface area contributed by atoms with Crippen molar-refractivity contribution in [2.75, 3.05) is 0 Å². The Bertz CT molecular complexity index is 611. The number of halogens is 3. The van der Waals surface area contributed by atoms with E-state index >= 15 is 0 Å². The number of ether oxygens (including phenoxy) is 1. The van der Waals surface area contributed by atoms with E-state index in [4.69, 9.17) is 27.9 Å². The highest BCUT2D eigenvalue weighted by Gasteiger charge is 2.16. The van der Waals surface area contributed by atoms with Crippen molar-refractivity contribution in [3.05, 3.63) is 54.3 Å². The van der Waals surface area contributed by atoms with Crippen molar-refractivity contribution in [1.29, 1.82) is 0 Å². The third kappa shape index (κ3) is 3.46. The van der Waals surface area contributed by atoms with Gasteiger partial charge in [-0.15, -0.1) is 0 Å². The number of nitro groups is 1. The second-order valence-electron chi connectivity index (χ2n) is 3.41. The molecule has 0 radical (unpaired) electrons. The Morgan fingerprint density at radius 1 is 1.26 bits per heavy atom. The van der Waals surface area contributed by atoms with E-state index in [0.29, 0.717) is 5.75 Å². The second-order valence-corrected chi connectivity index (χ2v) is 5.33. The van der Waals surface area contributed by atoms with Crippen LogP contribution in [-0.2, 0) is 0 Å². The van der Waals surface area contributed by atoms with Crippen LogP contribution in [0.4, 0.5) is 5.69 Å². The minimum absolute atomic E-state index is 0.0674. The Balaban J connectivity index is 2.35. The first-order chi connectivity index (χ1) is 8.97. The van der Waals surface area contributed by atoms with Gasteiger partial charge >= 0.3 is 0 Å². The molecule has 0 atom stereocenters. The van der Waals surface area contributed by atoms with Gasteiger partial charge in [0.2, 0.25) is 0 Å². The number of nitrogens with zero attached hydrogens (tertiary/aromatic N) is 2. The van der Waals surface area contributed by atoms with Gasteiger partial charge in [0.1, 0.15) is 9.45 Å². The molecule has 0 aliphatic carbocycles. The zero-order valence-corrected chi connectivity index (χ0v) is 12.8. The fourth-order valence-corrected chi connectivity index (χ4v) is 2.16. The highest BCUT2D eigenvalue weighted by atomic mass is 127. The molecule has 8 heteroatoms. The third-order valence-electron chi connectivity index (χ3n) is 2.11. The summed E-state index contributed by atoms with van der Waals surface area (Å²) in [6.07, 6.45) is 1.51. The maximum absolute atomic E-state index is 10.6. The van der Waals surface area contributed by atoms with Crippen LogP contribution in [0.2, 0.25) is 10.0 Å². The SMILES string of the molecule is O=[N+]([O-])c1cc(Cl)c(Oc2ccc(I)nc2)c(Cl)c1. The van der Waals surface area contributed by atoms with Gasteiger partial charge in [-0.25, -0.2) is 4.98 Å². The van der Waals surface area contributed by atoms with Gasteiger partial charge < -0.3 is 4.74 Å². The number of pyridine rings is 1. The first-order valence-electron chi connectivity index (χ1n) is 4.90. The molecular weight excluding hydrogens is 406 g/mol. The molecule has 5 nitrogen and oxygen atoms in total. The van der Waals surface area contributed by atoms with Gasteiger partial charge in [-0.1, -0.05) is 23.2 Å². The molecule has 0 amide bonds. The zero-order valence-electron chi connectivity index (χ0n) is 9.14. The van der Waals surface area contributed by atoms with Crippen LogP contribution >= 0.6 is 45.8 Å². The van der Waals surface area contributed by atoms with E-state index < -0.39 is 4.92 Å². The van der Waals surface area contributed by atoms with Crippen LogP contribution in [0.25, 0.3) is 0 Å². The largest absolute Gasteiger partial charge is 0.453 e. The van der Waals surface area contributed by atoms with Crippen molar-refractivity contribution >= 4 is 51.5 Å². The third-order valence-corrected chi connectivity index (χ3v) is 3.31. The van der Waals surface area contributed by atoms with Crippen molar-refractivity contribution in [1.82, 2.24) is 4.98 Å². The minimum Gasteiger partial charge on any atom is -0.453 e. The van der Waals surface area contributed by atoms with Crippen LogP contribution in [0.1, 0.15) is 0 Å². The lowest BCUT2D eigenvalue weighted by molar-refractivity contribution is -0.384. The highest BCUT2D eigenvalue weighted by Crippen LogP contribution is 2.39. The van der Waals surface area contributed by atoms with Crippen LogP contribution < -0.4 is 4.74 Å². The molecule has 0 saturated heterocycles. The number of hydrogen-bond acceptors (Lipinski definition) is 4. The molecule has 0 bridgehead atoms. The molecule has 2 rings (SSSR count). The average Bonchev–Trinajstić information content (AvgIpc) is 2.35. The number of aromatic nitrogens is 1. The molecule has 19 heavy (non-hydrogen) atoms. The number of hydrogen-bond donors (Lipinski definition) is 0. The maximum Gasteiger partial charge on any atom is 0.272 e. The Hall–Kier alpha value is -1.12. The van der Waals surface area contributed by atoms with E-state index in [1.165, 1.54) is 18.3 Å². The molecule has 0 aliphatic rings. The molecular formula is C11H5Cl2IN2O3. The standard InChI is InChI=1S/C11H5Cl2IN2O3/c12-8-3-6(16(17)18)4-9(13)11(8)19-7-1-2-10(14)15-5-7/h1-5H. The predicted octanol–water partition coefficient (Wildman–Crippen LogP) is 4.69. The molecule has 0 aliphatic heterocycles. The maximum atomic E-state index is 10.6. The summed E-state index contributed by atoms with van der Waals surface area (Å²) in [5.74, 6) is 0.606. The Kier molecular flexibility index (Phi) is 4.43. The summed E-state index contributed by atoms with van der Waals surface area (Å²) < 4.78 is 6.29. The highest BCUT2D eigenvalue weighted by molar-refractivity contribution is 14.1. The topological polar surface area (TPSA) is 65.3 Å². The zero-order chi connectivity index (χ0) is 14.0. The minimum atomic E-state index is -0.575. The number of non-ortho nitro benzene ring substituents is 1. The monoisotopic (exact) mass is 410 g/mol. The van der Waals surface area contributed by atoms with Crippen LogP contribution in [0.5, 0.6) is 11.5 Å². The number of nitro benzene ring substituents is 1. The second kappa shape index (κ2) is 5.89. The molecule has 0 saturated carbocycles. The van der Waals surface area contributed by atoms with E-state index in [1.807, 2.05) is 0 Å². The molecule has 0 N–H and O–H groups in total. The van der Waals surface area contributed by atoms with E-state index in [-0.39, 0.29) is 21.5 Å². The molecule has 98 valence electrons. The number of benzene rings is 1. The van der Waals surface area contributed by atoms with Gasteiger partial charge in [0.05, 0.1) is 21.2 Å². The summed E-state index contributed by atoms with van der Waals surface area (Å²) in [6.45, 7) is 0. The predicted molar refractivity (Wildman–Crippen MR) is 80.1 cm³/mol. The molecule has 0 unspecified atom stereocenters. The van der Waals surface area contributed by atoms with Gasteiger partial charge in [0.15, 0.2) is 5.75 Å². The van der Waals surface area contributed by atoms with Gasteiger partial charge in [-0.05, 0) is 34.7 Å². The molecule has 1 aromatic heterocycles. The summed E-state index contributed by atoms with van der Waals surface area (Å²) in [5.41, 5.74) is -0.192. The van der Waals surface area contributed by atoms with Crippen molar-refractivity contribution in [3.63, 3.8) is 0 Å². The fraction of sp³-hybridized carbons (Fsp3) is 0. The lowest BCUT2D eigenvalue weighted by atomic mass is 10.3. The van der Waals surface area contributed by atoms with E-state index in [0.717, 1.165) is 3.70 Å².